The largest absolute Gasteiger partial charge is 0.481 e. The smallest absolute Gasteiger partial charge is 0.218 e. The molecule has 5 heteroatoms. The SMILES string of the molecule is COCCCNc1cc(OC)nc(C2CCCCC2)n1. The number of rotatable bonds is 7. The summed E-state index contributed by atoms with van der Waals surface area (Å²) in [5, 5.41) is 3.32. The van der Waals surface area contributed by atoms with Crippen LogP contribution < -0.4 is 10.1 Å². The summed E-state index contributed by atoms with van der Waals surface area (Å²) < 4.78 is 10.3. The monoisotopic (exact) mass is 279 g/mol. The Bertz CT molecular complexity index is 406. The van der Waals surface area contributed by atoms with Crippen molar-refractivity contribution in [3.8, 4) is 5.88 Å². The molecule has 0 bridgehead atoms. The summed E-state index contributed by atoms with van der Waals surface area (Å²) in [5.74, 6) is 2.92. The molecule has 112 valence electrons. The first-order valence-electron chi connectivity index (χ1n) is 7.49. The third-order valence-electron chi connectivity index (χ3n) is 3.73. The van der Waals surface area contributed by atoms with Gasteiger partial charge in [0.15, 0.2) is 0 Å². The zero-order chi connectivity index (χ0) is 14.2. The molecule has 0 saturated heterocycles. The third kappa shape index (κ3) is 4.34. The number of hydrogen-bond acceptors (Lipinski definition) is 5. The summed E-state index contributed by atoms with van der Waals surface area (Å²) >= 11 is 0. The maximum absolute atomic E-state index is 5.30. The lowest BCUT2D eigenvalue weighted by molar-refractivity contribution is 0.197. The molecule has 0 aromatic carbocycles. The summed E-state index contributed by atoms with van der Waals surface area (Å²) in [6, 6.07) is 1.86. The van der Waals surface area contributed by atoms with Crippen molar-refractivity contribution in [2.24, 2.45) is 0 Å². The van der Waals surface area contributed by atoms with Crippen LogP contribution in [-0.4, -0.2) is 37.3 Å². The van der Waals surface area contributed by atoms with Gasteiger partial charge in [-0.1, -0.05) is 19.3 Å². The average Bonchev–Trinajstić information content (AvgIpc) is 2.52. The molecule has 1 N–H and O–H groups in total. The Morgan fingerprint density at radius 2 is 2.00 bits per heavy atom. The van der Waals surface area contributed by atoms with Crippen molar-refractivity contribution in [2.75, 3.05) is 32.7 Å². The molecular weight excluding hydrogens is 254 g/mol. The number of hydrogen-bond donors (Lipinski definition) is 1. The number of methoxy groups -OCH3 is 2. The Hall–Kier alpha value is -1.36. The maximum Gasteiger partial charge on any atom is 0.218 e. The average molecular weight is 279 g/mol. The minimum Gasteiger partial charge on any atom is -0.481 e. The standard InChI is InChI=1S/C15H25N3O2/c1-19-10-6-9-16-13-11-14(20-2)18-15(17-13)12-7-4-3-5-8-12/h11-12H,3-10H2,1-2H3,(H,16,17,18). The van der Waals surface area contributed by atoms with Crippen molar-refractivity contribution in [1.29, 1.82) is 0 Å². The van der Waals surface area contributed by atoms with Crippen LogP contribution in [0.1, 0.15) is 50.3 Å². The van der Waals surface area contributed by atoms with Crippen LogP contribution in [0.25, 0.3) is 0 Å². The highest BCUT2D eigenvalue weighted by molar-refractivity contribution is 5.38. The van der Waals surface area contributed by atoms with Crippen molar-refractivity contribution in [1.82, 2.24) is 9.97 Å². The summed E-state index contributed by atoms with van der Waals surface area (Å²) in [6.07, 6.45) is 7.24. The van der Waals surface area contributed by atoms with Crippen molar-refractivity contribution in [3.63, 3.8) is 0 Å². The first-order valence-corrected chi connectivity index (χ1v) is 7.49. The van der Waals surface area contributed by atoms with Gasteiger partial charge in [0.2, 0.25) is 5.88 Å². The van der Waals surface area contributed by atoms with Gasteiger partial charge >= 0.3 is 0 Å². The number of anilines is 1. The van der Waals surface area contributed by atoms with Crippen molar-refractivity contribution < 1.29 is 9.47 Å². The molecule has 0 unspecified atom stereocenters. The van der Waals surface area contributed by atoms with Crippen molar-refractivity contribution in [3.05, 3.63) is 11.9 Å². The minimum absolute atomic E-state index is 0.485. The van der Waals surface area contributed by atoms with Gasteiger partial charge in [-0.25, -0.2) is 4.98 Å². The highest BCUT2D eigenvalue weighted by atomic mass is 16.5. The van der Waals surface area contributed by atoms with Crippen LogP contribution in [0.5, 0.6) is 5.88 Å². The topological polar surface area (TPSA) is 56.3 Å². The van der Waals surface area contributed by atoms with Crippen molar-refractivity contribution >= 4 is 5.82 Å². The molecule has 1 fully saturated rings. The van der Waals surface area contributed by atoms with E-state index < -0.39 is 0 Å². The van der Waals surface area contributed by atoms with Crippen LogP contribution in [0, 0.1) is 0 Å². The van der Waals surface area contributed by atoms with Crippen molar-refractivity contribution in [2.45, 2.75) is 44.4 Å². The van der Waals surface area contributed by atoms with Gasteiger partial charge in [-0.2, -0.15) is 4.98 Å². The molecule has 2 rings (SSSR count). The fraction of sp³-hybridized carbons (Fsp3) is 0.733. The fourth-order valence-corrected chi connectivity index (χ4v) is 2.61. The summed E-state index contributed by atoms with van der Waals surface area (Å²) in [7, 11) is 3.37. The van der Waals surface area contributed by atoms with Crippen LogP contribution in [0.15, 0.2) is 6.07 Å². The van der Waals surface area contributed by atoms with E-state index in [0.29, 0.717) is 11.8 Å². The summed E-state index contributed by atoms with van der Waals surface area (Å²) in [4.78, 5) is 9.18. The zero-order valence-corrected chi connectivity index (χ0v) is 12.5. The maximum atomic E-state index is 5.30. The van der Waals surface area contributed by atoms with Crippen LogP contribution in [0.4, 0.5) is 5.82 Å². The van der Waals surface area contributed by atoms with E-state index in [1.807, 2.05) is 6.07 Å². The van der Waals surface area contributed by atoms with Gasteiger partial charge in [-0.3, -0.25) is 0 Å². The summed E-state index contributed by atoms with van der Waals surface area (Å²) in [5.41, 5.74) is 0. The Kier molecular flexibility index (Phi) is 6.05. The Balaban J connectivity index is 2.03. The Morgan fingerprint density at radius 3 is 2.70 bits per heavy atom. The summed E-state index contributed by atoms with van der Waals surface area (Å²) in [6.45, 7) is 1.60. The third-order valence-corrected chi connectivity index (χ3v) is 3.73. The van der Waals surface area contributed by atoms with Gasteiger partial charge in [0, 0.05) is 32.2 Å². The second-order valence-corrected chi connectivity index (χ2v) is 5.26. The first-order chi connectivity index (χ1) is 9.83. The molecule has 1 heterocycles. The highest BCUT2D eigenvalue weighted by Crippen LogP contribution is 2.32. The zero-order valence-electron chi connectivity index (χ0n) is 12.5. The van der Waals surface area contributed by atoms with E-state index in [4.69, 9.17) is 9.47 Å². The molecule has 0 radical (unpaired) electrons. The predicted octanol–water partition coefficient (Wildman–Crippen LogP) is 2.98. The molecule has 0 atom stereocenters. The van der Waals surface area contributed by atoms with E-state index in [2.05, 4.69) is 15.3 Å². The van der Waals surface area contributed by atoms with Gasteiger partial charge in [-0.15, -0.1) is 0 Å². The Morgan fingerprint density at radius 1 is 1.20 bits per heavy atom. The molecule has 1 saturated carbocycles. The normalized spacial score (nSPS) is 16.1. The highest BCUT2D eigenvalue weighted by Gasteiger charge is 2.19. The second-order valence-electron chi connectivity index (χ2n) is 5.26. The molecule has 5 nitrogen and oxygen atoms in total. The van der Waals surface area contributed by atoms with E-state index in [1.54, 1.807) is 14.2 Å². The van der Waals surface area contributed by atoms with Crippen LogP contribution in [-0.2, 0) is 4.74 Å². The van der Waals surface area contributed by atoms with E-state index in [0.717, 1.165) is 31.2 Å². The first kappa shape index (κ1) is 15.0. The number of ether oxygens (including phenoxy) is 2. The van der Waals surface area contributed by atoms with E-state index in [-0.39, 0.29) is 0 Å². The molecule has 1 aromatic heterocycles. The molecule has 20 heavy (non-hydrogen) atoms. The van der Waals surface area contributed by atoms with Gasteiger partial charge in [-0.05, 0) is 19.3 Å². The minimum atomic E-state index is 0.485. The van der Waals surface area contributed by atoms with E-state index in [9.17, 15) is 0 Å². The molecule has 1 aromatic rings. The van der Waals surface area contributed by atoms with Gasteiger partial charge < -0.3 is 14.8 Å². The molecule has 1 aliphatic rings. The van der Waals surface area contributed by atoms with E-state index >= 15 is 0 Å². The number of aromatic nitrogens is 2. The number of nitrogens with one attached hydrogen (secondary N) is 1. The lowest BCUT2D eigenvalue weighted by atomic mass is 9.89. The predicted molar refractivity (Wildman–Crippen MR) is 79.4 cm³/mol. The number of nitrogens with zero attached hydrogens (tertiary/aromatic N) is 2. The molecule has 1 aliphatic carbocycles. The molecule has 0 spiro atoms. The fourth-order valence-electron chi connectivity index (χ4n) is 2.61. The van der Waals surface area contributed by atoms with Gasteiger partial charge in [0.1, 0.15) is 11.6 Å². The lowest BCUT2D eigenvalue weighted by Crippen LogP contribution is -2.12. The van der Waals surface area contributed by atoms with E-state index in [1.165, 1.54) is 32.1 Å². The quantitative estimate of drug-likeness (QED) is 0.778. The molecular formula is C15H25N3O2. The lowest BCUT2D eigenvalue weighted by Gasteiger charge is -2.21. The van der Waals surface area contributed by atoms with Gasteiger partial charge in [0.25, 0.3) is 0 Å². The molecule has 0 amide bonds. The van der Waals surface area contributed by atoms with Crippen LogP contribution in [0.2, 0.25) is 0 Å². The van der Waals surface area contributed by atoms with Crippen LogP contribution in [0.3, 0.4) is 0 Å². The van der Waals surface area contributed by atoms with Gasteiger partial charge in [0.05, 0.1) is 7.11 Å². The molecule has 0 aliphatic heterocycles. The van der Waals surface area contributed by atoms with Crippen LogP contribution >= 0.6 is 0 Å². The Labute approximate surface area is 121 Å². The second kappa shape index (κ2) is 8.04.